The van der Waals surface area contributed by atoms with Gasteiger partial charge in [-0.3, -0.25) is 4.68 Å². The first-order chi connectivity index (χ1) is 6.69. The highest BCUT2D eigenvalue weighted by Crippen LogP contribution is 2.20. The number of rotatable bonds is 5. The first kappa shape index (κ1) is 11.2. The Kier molecular flexibility index (Phi) is 4.14. The molecule has 0 aliphatic heterocycles. The van der Waals surface area contributed by atoms with E-state index < -0.39 is 0 Å². The van der Waals surface area contributed by atoms with Gasteiger partial charge in [-0.05, 0) is 19.9 Å². The Morgan fingerprint density at radius 2 is 2.21 bits per heavy atom. The molecule has 0 fully saturated rings. The van der Waals surface area contributed by atoms with Gasteiger partial charge in [-0.15, -0.1) is 0 Å². The third-order valence-corrected chi connectivity index (χ3v) is 2.45. The quantitative estimate of drug-likeness (QED) is 0.780. The third-order valence-electron chi connectivity index (χ3n) is 2.45. The van der Waals surface area contributed by atoms with E-state index in [0.29, 0.717) is 6.04 Å². The number of aromatic nitrogens is 2. The zero-order valence-electron chi connectivity index (χ0n) is 9.67. The van der Waals surface area contributed by atoms with Gasteiger partial charge >= 0.3 is 0 Å². The molecule has 0 radical (unpaired) electrons. The predicted molar refractivity (Wildman–Crippen MR) is 59.3 cm³/mol. The van der Waals surface area contributed by atoms with Crippen LogP contribution in [-0.4, -0.2) is 16.3 Å². The van der Waals surface area contributed by atoms with Crippen molar-refractivity contribution in [2.45, 2.75) is 39.7 Å². The largest absolute Gasteiger partial charge is 0.310 e. The van der Waals surface area contributed by atoms with E-state index >= 15 is 0 Å². The van der Waals surface area contributed by atoms with Crippen molar-refractivity contribution in [1.29, 1.82) is 0 Å². The molecule has 14 heavy (non-hydrogen) atoms. The van der Waals surface area contributed by atoms with Gasteiger partial charge in [-0.25, -0.2) is 0 Å². The maximum Gasteiger partial charge on any atom is 0.0641 e. The molecule has 80 valence electrons. The number of hydrogen-bond donors (Lipinski definition) is 1. The molecular formula is C11H21N3. The van der Waals surface area contributed by atoms with Crippen LogP contribution in [-0.2, 0) is 7.05 Å². The van der Waals surface area contributed by atoms with Crippen LogP contribution in [0.1, 0.15) is 44.0 Å². The van der Waals surface area contributed by atoms with Gasteiger partial charge in [0.15, 0.2) is 0 Å². The van der Waals surface area contributed by atoms with E-state index in [-0.39, 0.29) is 0 Å². The summed E-state index contributed by atoms with van der Waals surface area (Å²) >= 11 is 0. The SMILES string of the molecule is CCCC(NCC)c1cn(C)nc1C. The van der Waals surface area contributed by atoms with Crippen LogP contribution in [0.5, 0.6) is 0 Å². The van der Waals surface area contributed by atoms with Crippen molar-refractivity contribution in [3.8, 4) is 0 Å². The summed E-state index contributed by atoms with van der Waals surface area (Å²) in [5.41, 5.74) is 2.49. The molecule has 0 aliphatic rings. The normalized spacial score (nSPS) is 13.1. The number of hydrogen-bond acceptors (Lipinski definition) is 2. The molecule has 1 N–H and O–H groups in total. The lowest BCUT2D eigenvalue weighted by molar-refractivity contribution is 0.507. The molecule has 0 spiro atoms. The van der Waals surface area contributed by atoms with E-state index in [1.807, 2.05) is 11.7 Å². The summed E-state index contributed by atoms with van der Waals surface area (Å²) in [6.07, 6.45) is 4.50. The van der Waals surface area contributed by atoms with Gasteiger partial charge in [0.1, 0.15) is 0 Å². The highest BCUT2D eigenvalue weighted by molar-refractivity contribution is 5.19. The summed E-state index contributed by atoms with van der Waals surface area (Å²) < 4.78 is 1.89. The molecule has 3 nitrogen and oxygen atoms in total. The summed E-state index contributed by atoms with van der Waals surface area (Å²) in [5.74, 6) is 0. The molecule has 1 heterocycles. The van der Waals surface area contributed by atoms with Gasteiger partial charge in [-0.1, -0.05) is 20.3 Å². The van der Waals surface area contributed by atoms with Crippen LogP contribution in [0.3, 0.4) is 0 Å². The lowest BCUT2D eigenvalue weighted by Gasteiger charge is -2.16. The second kappa shape index (κ2) is 5.15. The Balaban J connectivity index is 2.80. The molecule has 0 bridgehead atoms. The molecule has 0 aromatic carbocycles. The molecule has 0 aliphatic carbocycles. The molecule has 3 heteroatoms. The fourth-order valence-corrected chi connectivity index (χ4v) is 1.86. The third kappa shape index (κ3) is 2.58. The minimum atomic E-state index is 0.471. The van der Waals surface area contributed by atoms with E-state index in [1.165, 1.54) is 18.4 Å². The molecule has 1 unspecified atom stereocenters. The zero-order chi connectivity index (χ0) is 10.6. The molecule has 0 saturated carbocycles. The molecule has 1 aromatic rings. The molecule has 1 rings (SSSR count). The van der Waals surface area contributed by atoms with Gasteiger partial charge in [0.05, 0.1) is 5.69 Å². The Morgan fingerprint density at radius 3 is 2.64 bits per heavy atom. The molecule has 0 saturated heterocycles. The first-order valence-corrected chi connectivity index (χ1v) is 5.42. The van der Waals surface area contributed by atoms with E-state index in [4.69, 9.17) is 0 Å². The van der Waals surface area contributed by atoms with Crippen LogP contribution in [0.25, 0.3) is 0 Å². The Bertz CT molecular complexity index is 272. The number of nitrogens with one attached hydrogen (secondary N) is 1. The van der Waals surface area contributed by atoms with E-state index in [9.17, 15) is 0 Å². The van der Waals surface area contributed by atoms with Crippen molar-refractivity contribution < 1.29 is 0 Å². The van der Waals surface area contributed by atoms with Crippen LogP contribution in [0, 0.1) is 6.92 Å². The van der Waals surface area contributed by atoms with Crippen LogP contribution in [0.4, 0.5) is 0 Å². The fourth-order valence-electron chi connectivity index (χ4n) is 1.86. The molecule has 0 amide bonds. The molecule has 1 aromatic heterocycles. The maximum atomic E-state index is 4.37. The van der Waals surface area contributed by atoms with Crippen molar-refractivity contribution in [1.82, 2.24) is 15.1 Å². The summed E-state index contributed by atoms with van der Waals surface area (Å²) in [6.45, 7) is 7.46. The number of aryl methyl sites for hydroxylation is 2. The lowest BCUT2D eigenvalue weighted by atomic mass is 10.0. The van der Waals surface area contributed by atoms with Gasteiger partial charge < -0.3 is 5.32 Å². The second-order valence-electron chi connectivity index (χ2n) is 3.74. The highest BCUT2D eigenvalue weighted by atomic mass is 15.3. The maximum absolute atomic E-state index is 4.37. The standard InChI is InChI=1S/C11H21N3/c1-5-7-11(12-6-2)10-8-14(4)13-9(10)3/h8,11-12H,5-7H2,1-4H3. The fraction of sp³-hybridized carbons (Fsp3) is 0.727. The number of nitrogens with zero attached hydrogens (tertiary/aromatic N) is 2. The minimum Gasteiger partial charge on any atom is -0.310 e. The van der Waals surface area contributed by atoms with Gasteiger partial charge in [-0.2, -0.15) is 5.10 Å². The Hall–Kier alpha value is -0.830. The highest BCUT2D eigenvalue weighted by Gasteiger charge is 2.13. The van der Waals surface area contributed by atoms with Crippen LogP contribution in [0.2, 0.25) is 0 Å². The Morgan fingerprint density at radius 1 is 1.50 bits per heavy atom. The smallest absolute Gasteiger partial charge is 0.0641 e. The van der Waals surface area contributed by atoms with Crippen molar-refractivity contribution in [3.63, 3.8) is 0 Å². The van der Waals surface area contributed by atoms with Crippen LogP contribution >= 0.6 is 0 Å². The average molecular weight is 195 g/mol. The van der Waals surface area contributed by atoms with Crippen molar-refractivity contribution in [2.75, 3.05) is 6.54 Å². The van der Waals surface area contributed by atoms with Crippen molar-refractivity contribution >= 4 is 0 Å². The van der Waals surface area contributed by atoms with Gasteiger partial charge in [0.2, 0.25) is 0 Å². The lowest BCUT2D eigenvalue weighted by Crippen LogP contribution is -2.20. The topological polar surface area (TPSA) is 29.9 Å². The van der Waals surface area contributed by atoms with E-state index in [1.54, 1.807) is 0 Å². The van der Waals surface area contributed by atoms with Crippen LogP contribution in [0.15, 0.2) is 6.20 Å². The summed E-state index contributed by atoms with van der Waals surface area (Å²) in [6, 6.07) is 0.471. The van der Waals surface area contributed by atoms with Crippen LogP contribution < -0.4 is 5.32 Å². The van der Waals surface area contributed by atoms with Crippen molar-refractivity contribution in [3.05, 3.63) is 17.5 Å². The summed E-state index contributed by atoms with van der Waals surface area (Å²) in [4.78, 5) is 0. The summed E-state index contributed by atoms with van der Waals surface area (Å²) in [5, 5.41) is 7.87. The minimum absolute atomic E-state index is 0.471. The van der Waals surface area contributed by atoms with Gasteiger partial charge in [0.25, 0.3) is 0 Å². The molecule has 1 atom stereocenters. The first-order valence-electron chi connectivity index (χ1n) is 5.42. The molecular weight excluding hydrogens is 174 g/mol. The Labute approximate surface area is 86.5 Å². The predicted octanol–water partition coefficient (Wildman–Crippen LogP) is 2.18. The van der Waals surface area contributed by atoms with E-state index in [0.717, 1.165) is 12.2 Å². The van der Waals surface area contributed by atoms with Gasteiger partial charge in [0, 0.05) is 24.8 Å². The monoisotopic (exact) mass is 195 g/mol. The van der Waals surface area contributed by atoms with Crippen molar-refractivity contribution in [2.24, 2.45) is 7.05 Å². The van der Waals surface area contributed by atoms with E-state index in [2.05, 4.69) is 37.4 Å². The summed E-state index contributed by atoms with van der Waals surface area (Å²) in [7, 11) is 1.98. The zero-order valence-corrected chi connectivity index (χ0v) is 9.67. The second-order valence-corrected chi connectivity index (χ2v) is 3.74. The average Bonchev–Trinajstić information content (AvgIpc) is 2.45.